The molecular weight excluding hydrogens is 286 g/mol. The van der Waals surface area contributed by atoms with Gasteiger partial charge in [0.1, 0.15) is 6.61 Å². The quantitative estimate of drug-likeness (QED) is 0.809. The second kappa shape index (κ2) is 7.68. The van der Waals surface area contributed by atoms with Crippen molar-refractivity contribution >= 4 is 11.9 Å². The molecule has 1 aromatic carbocycles. The Kier molecular flexibility index (Phi) is 5.63. The van der Waals surface area contributed by atoms with Gasteiger partial charge in [-0.25, -0.2) is 4.79 Å². The highest BCUT2D eigenvalue weighted by Gasteiger charge is 2.29. The zero-order valence-electron chi connectivity index (χ0n) is 12.8. The first-order valence-corrected chi connectivity index (χ1v) is 7.48. The van der Waals surface area contributed by atoms with Crippen molar-refractivity contribution in [3.63, 3.8) is 0 Å². The van der Waals surface area contributed by atoms with Crippen LogP contribution in [0.1, 0.15) is 26.7 Å². The summed E-state index contributed by atoms with van der Waals surface area (Å²) in [6, 6.07) is 7.20. The average Bonchev–Trinajstić information content (AvgIpc) is 2.57. The summed E-state index contributed by atoms with van der Waals surface area (Å²) >= 11 is 0. The van der Waals surface area contributed by atoms with Crippen LogP contribution in [0.25, 0.3) is 0 Å². The molecule has 1 aliphatic rings. The number of carbonyl (C=O) groups excluding carboxylic acids is 2. The molecule has 1 atom stereocenters. The number of esters is 1. The molecule has 0 radical (unpaired) electrons. The lowest BCUT2D eigenvalue weighted by Crippen LogP contribution is -2.41. The maximum atomic E-state index is 11.9. The molecule has 1 amide bonds. The normalized spacial score (nSPS) is 16.2. The Bertz CT molecular complexity index is 527. The predicted octanol–water partition coefficient (Wildman–Crippen LogP) is 1.67. The zero-order valence-corrected chi connectivity index (χ0v) is 12.8. The molecule has 1 heterocycles. The molecule has 22 heavy (non-hydrogen) atoms. The summed E-state index contributed by atoms with van der Waals surface area (Å²) in [4.78, 5) is 23.6. The minimum absolute atomic E-state index is 0.0734. The maximum Gasteiger partial charge on any atom is 0.351 e. The van der Waals surface area contributed by atoms with Crippen molar-refractivity contribution in [1.29, 1.82) is 0 Å². The molecule has 1 unspecified atom stereocenters. The first-order valence-electron chi connectivity index (χ1n) is 7.48. The Balaban J connectivity index is 1.80. The number of ether oxygens (including phenoxy) is 3. The van der Waals surface area contributed by atoms with Crippen LogP contribution in [0.3, 0.4) is 0 Å². The summed E-state index contributed by atoms with van der Waals surface area (Å²) in [5.74, 6) is 0.184. The number of amides is 1. The van der Waals surface area contributed by atoms with Gasteiger partial charge < -0.3 is 19.5 Å². The van der Waals surface area contributed by atoms with Gasteiger partial charge in [-0.2, -0.15) is 0 Å². The second-order valence-corrected chi connectivity index (χ2v) is 5.05. The van der Waals surface area contributed by atoms with Gasteiger partial charge in [-0.15, -0.1) is 0 Å². The van der Waals surface area contributed by atoms with E-state index in [0.29, 0.717) is 11.5 Å². The topological polar surface area (TPSA) is 73.9 Å². The number of rotatable bonds is 6. The summed E-state index contributed by atoms with van der Waals surface area (Å²) in [5.41, 5.74) is 0. The van der Waals surface area contributed by atoms with Crippen molar-refractivity contribution in [2.75, 3.05) is 13.2 Å². The Morgan fingerprint density at radius 3 is 2.64 bits per heavy atom. The van der Waals surface area contributed by atoms with Crippen LogP contribution in [-0.4, -0.2) is 37.2 Å². The van der Waals surface area contributed by atoms with Crippen LogP contribution in [-0.2, 0) is 14.3 Å². The second-order valence-electron chi connectivity index (χ2n) is 5.05. The number of fused-ring (bicyclic) bond motifs is 1. The van der Waals surface area contributed by atoms with Gasteiger partial charge in [-0.05, 0) is 25.0 Å². The molecule has 1 aliphatic heterocycles. The molecule has 1 aromatic rings. The molecule has 0 aliphatic carbocycles. The van der Waals surface area contributed by atoms with Crippen LogP contribution in [0.4, 0.5) is 0 Å². The molecule has 0 spiro atoms. The molecule has 0 saturated carbocycles. The SMILES string of the molecule is CCC(CC)NC(=O)COC(=O)C1COc2ccccc2O1. The number of benzene rings is 1. The third-order valence-corrected chi connectivity index (χ3v) is 3.47. The van der Waals surface area contributed by atoms with E-state index < -0.39 is 12.1 Å². The van der Waals surface area contributed by atoms with E-state index in [1.54, 1.807) is 18.2 Å². The van der Waals surface area contributed by atoms with Gasteiger partial charge in [0.15, 0.2) is 18.1 Å². The monoisotopic (exact) mass is 307 g/mol. The van der Waals surface area contributed by atoms with Crippen LogP contribution in [0.15, 0.2) is 24.3 Å². The fourth-order valence-corrected chi connectivity index (χ4v) is 2.13. The molecule has 120 valence electrons. The van der Waals surface area contributed by atoms with Crippen LogP contribution in [0.5, 0.6) is 11.5 Å². The van der Waals surface area contributed by atoms with Crippen molar-refractivity contribution in [3.05, 3.63) is 24.3 Å². The lowest BCUT2D eigenvalue weighted by molar-refractivity contribution is -0.157. The number of para-hydroxylation sites is 2. The highest BCUT2D eigenvalue weighted by molar-refractivity contribution is 5.82. The molecule has 2 rings (SSSR count). The summed E-state index contributed by atoms with van der Waals surface area (Å²) in [6.07, 6.45) is 0.829. The van der Waals surface area contributed by atoms with Crippen molar-refractivity contribution in [3.8, 4) is 11.5 Å². The van der Waals surface area contributed by atoms with E-state index in [0.717, 1.165) is 12.8 Å². The molecular formula is C16H21NO5. The van der Waals surface area contributed by atoms with Gasteiger partial charge in [0.05, 0.1) is 0 Å². The maximum absolute atomic E-state index is 11.9. The highest BCUT2D eigenvalue weighted by Crippen LogP contribution is 2.31. The highest BCUT2D eigenvalue weighted by atomic mass is 16.6. The summed E-state index contributed by atoms with van der Waals surface area (Å²) in [6.45, 7) is 3.75. The summed E-state index contributed by atoms with van der Waals surface area (Å²) < 4.78 is 15.9. The fraction of sp³-hybridized carbons (Fsp3) is 0.500. The minimum atomic E-state index is -0.851. The van der Waals surface area contributed by atoms with Crippen LogP contribution in [0.2, 0.25) is 0 Å². The Hall–Kier alpha value is -2.24. The molecule has 0 bridgehead atoms. The van der Waals surface area contributed by atoms with E-state index in [9.17, 15) is 9.59 Å². The van der Waals surface area contributed by atoms with Gasteiger partial charge in [0, 0.05) is 6.04 Å². The van der Waals surface area contributed by atoms with Crippen LogP contribution < -0.4 is 14.8 Å². The van der Waals surface area contributed by atoms with Crippen molar-refractivity contribution in [1.82, 2.24) is 5.32 Å². The van der Waals surface area contributed by atoms with E-state index in [1.165, 1.54) is 0 Å². The first kappa shape index (κ1) is 16.1. The van der Waals surface area contributed by atoms with Crippen LogP contribution >= 0.6 is 0 Å². The summed E-state index contributed by atoms with van der Waals surface area (Å²) in [5, 5.41) is 2.80. The van der Waals surface area contributed by atoms with Gasteiger partial charge in [-0.3, -0.25) is 4.79 Å². The number of hydrogen-bond acceptors (Lipinski definition) is 5. The minimum Gasteiger partial charge on any atom is -0.485 e. The third-order valence-electron chi connectivity index (χ3n) is 3.47. The smallest absolute Gasteiger partial charge is 0.351 e. The summed E-state index contributed by atoms with van der Waals surface area (Å²) in [7, 11) is 0. The number of nitrogens with one attached hydrogen (secondary N) is 1. The van der Waals surface area contributed by atoms with Crippen molar-refractivity contribution < 1.29 is 23.8 Å². The lowest BCUT2D eigenvalue weighted by atomic mass is 10.2. The molecule has 6 heteroatoms. The average molecular weight is 307 g/mol. The standard InChI is InChI=1S/C16H21NO5/c1-3-11(4-2)17-15(18)10-21-16(19)14-9-20-12-7-5-6-8-13(12)22-14/h5-8,11,14H,3-4,9-10H2,1-2H3,(H,17,18). The zero-order chi connectivity index (χ0) is 15.9. The molecule has 0 fully saturated rings. The van der Waals surface area contributed by atoms with E-state index in [1.807, 2.05) is 19.9 Å². The molecule has 0 saturated heterocycles. The third kappa shape index (κ3) is 4.13. The van der Waals surface area contributed by atoms with E-state index in [2.05, 4.69) is 5.32 Å². The Labute approximate surface area is 129 Å². The van der Waals surface area contributed by atoms with Crippen molar-refractivity contribution in [2.45, 2.75) is 38.8 Å². The molecule has 6 nitrogen and oxygen atoms in total. The number of carbonyl (C=O) groups is 2. The molecule has 0 aromatic heterocycles. The van der Waals surface area contributed by atoms with Gasteiger partial charge >= 0.3 is 5.97 Å². The predicted molar refractivity (Wildman–Crippen MR) is 79.8 cm³/mol. The van der Waals surface area contributed by atoms with Crippen molar-refractivity contribution in [2.24, 2.45) is 0 Å². The van der Waals surface area contributed by atoms with Gasteiger partial charge in [0.25, 0.3) is 5.91 Å². The first-order chi connectivity index (χ1) is 10.6. The molecule has 1 N–H and O–H groups in total. The van der Waals surface area contributed by atoms with E-state index >= 15 is 0 Å². The van der Waals surface area contributed by atoms with Gasteiger partial charge in [0.2, 0.25) is 6.10 Å². The largest absolute Gasteiger partial charge is 0.485 e. The Morgan fingerprint density at radius 2 is 1.95 bits per heavy atom. The van der Waals surface area contributed by atoms with Crippen LogP contribution in [0, 0.1) is 0 Å². The lowest BCUT2D eigenvalue weighted by Gasteiger charge is -2.25. The van der Waals surface area contributed by atoms with Gasteiger partial charge in [-0.1, -0.05) is 26.0 Å². The van der Waals surface area contributed by atoms with E-state index in [4.69, 9.17) is 14.2 Å². The Morgan fingerprint density at radius 1 is 1.27 bits per heavy atom. The van der Waals surface area contributed by atoms with E-state index in [-0.39, 0.29) is 25.2 Å². The fourth-order valence-electron chi connectivity index (χ4n) is 2.13. The number of hydrogen-bond donors (Lipinski definition) is 1.